The average Bonchev–Trinajstić information content (AvgIpc) is 2.65. The Morgan fingerprint density at radius 1 is 1.04 bits per heavy atom. The molecule has 5 nitrogen and oxygen atoms in total. The molecule has 2 N–H and O–H groups in total. The van der Waals surface area contributed by atoms with Gasteiger partial charge in [-0.1, -0.05) is 18.2 Å². The normalized spacial score (nSPS) is 10.2. The zero-order chi connectivity index (χ0) is 18.8. The smallest absolute Gasteiger partial charge is 0.230 e. The van der Waals surface area contributed by atoms with E-state index in [1.165, 1.54) is 24.4 Å². The second kappa shape index (κ2) is 10.5. The maximum Gasteiger partial charge on any atom is 0.230 e. The Bertz CT molecular complexity index is 705. The van der Waals surface area contributed by atoms with E-state index in [0.717, 1.165) is 23.5 Å². The van der Waals surface area contributed by atoms with E-state index in [-0.39, 0.29) is 11.8 Å². The molecular formula is C20H25N3O2S. The molecule has 0 heterocycles. The quantitative estimate of drug-likeness (QED) is 0.524. The summed E-state index contributed by atoms with van der Waals surface area (Å²) in [6.45, 7) is 3.03. The number of para-hydroxylation sites is 1. The molecule has 0 bridgehead atoms. The van der Waals surface area contributed by atoms with Gasteiger partial charge in [0.15, 0.2) is 0 Å². The molecule has 0 radical (unpaired) electrons. The van der Waals surface area contributed by atoms with E-state index < -0.39 is 0 Å². The highest BCUT2D eigenvalue weighted by Crippen LogP contribution is 2.20. The molecule has 0 unspecified atom stereocenters. The number of amides is 2. The number of anilines is 2. The first-order valence-corrected chi connectivity index (χ1v) is 9.56. The van der Waals surface area contributed by atoms with Crippen LogP contribution in [0.3, 0.4) is 0 Å². The zero-order valence-corrected chi connectivity index (χ0v) is 16.0. The van der Waals surface area contributed by atoms with E-state index in [1.54, 1.807) is 0 Å². The van der Waals surface area contributed by atoms with Gasteiger partial charge in [0.25, 0.3) is 0 Å². The van der Waals surface area contributed by atoms with Gasteiger partial charge in [0.05, 0.1) is 5.75 Å². The number of nitrogens with one attached hydrogen (secondary N) is 2. The zero-order valence-electron chi connectivity index (χ0n) is 15.2. The summed E-state index contributed by atoms with van der Waals surface area (Å²) in [6.07, 6.45) is 0.896. The Hall–Kier alpha value is -2.47. The van der Waals surface area contributed by atoms with Gasteiger partial charge >= 0.3 is 0 Å². The molecule has 2 amide bonds. The number of benzene rings is 2. The van der Waals surface area contributed by atoms with Crippen molar-refractivity contribution in [3.8, 4) is 0 Å². The van der Waals surface area contributed by atoms with Crippen LogP contribution in [0, 0.1) is 0 Å². The molecule has 0 aliphatic heterocycles. The van der Waals surface area contributed by atoms with Gasteiger partial charge in [0, 0.05) is 43.3 Å². The van der Waals surface area contributed by atoms with Gasteiger partial charge in [0.1, 0.15) is 0 Å². The molecule has 0 saturated carbocycles. The first kappa shape index (κ1) is 19.8. The predicted molar refractivity (Wildman–Crippen MR) is 109 cm³/mol. The number of thioether (sulfide) groups is 1. The van der Waals surface area contributed by atoms with Crippen LogP contribution in [0.5, 0.6) is 0 Å². The highest BCUT2D eigenvalue weighted by atomic mass is 32.2. The molecule has 2 rings (SSSR count). The summed E-state index contributed by atoms with van der Waals surface area (Å²) in [5, 5.41) is 5.67. The molecule has 0 spiro atoms. The van der Waals surface area contributed by atoms with Crippen LogP contribution in [0.15, 0.2) is 59.5 Å². The molecule has 6 heteroatoms. The van der Waals surface area contributed by atoms with E-state index in [1.807, 2.05) is 42.5 Å². The predicted octanol–water partition coefficient (Wildman–Crippen LogP) is 3.38. The number of hydrogen-bond acceptors (Lipinski definition) is 4. The van der Waals surface area contributed by atoms with E-state index in [0.29, 0.717) is 12.3 Å². The molecule has 138 valence electrons. The second-order valence-corrected chi connectivity index (χ2v) is 7.00. The lowest BCUT2D eigenvalue weighted by Gasteiger charge is -2.19. The van der Waals surface area contributed by atoms with Gasteiger partial charge < -0.3 is 15.5 Å². The number of carbonyl (C=O) groups excluding carboxylic acids is 2. The standard InChI is InChI=1S/C20H25N3O2S/c1-16(24)22-17-9-11-19(12-10-17)26-15-20(25)21-13-6-14-23(2)18-7-4-3-5-8-18/h3-5,7-12H,6,13-15H2,1-2H3,(H,21,25)(H,22,24). The average molecular weight is 372 g/mol. The second-order valence-electron chi connectivity index (χ2n) is 5.95. The number of hydrogen-bond donors (Lipinski definition) is 2. The minimum atomic E-state index is -0.0947. The van der Waals surface area contributed by atoms with Crippen LogP contribution in [0.4, 0.5) is 11.4 Å². The molecule has 0 saturated heterocycles. The van der Waals surface area contributed by atoms with Crippen molar-refractivity contribution in [3.63, 3.8) is 0 Å². The fourth-order valence-corrected chi connectivity index (χ4v) is 3.12. The van der Waals surface area contributed by atoms with Crippen LogP contribution in [0.1, 0.15) is 13.3 Å². The molecule has 26 heavy (non-hydrogen) atoms. The van der Waals surface area contributed by atoms with Crippen molar-refractivity contribution < 1.29 is 9.59 Å². The summed E-state index contributed by atoms with van der Waals surface area (Å²) in [5.41, 5.74) is 1.94. The number of nitrogens with zero attached hydrogens (tertiary/aromatic N) is 1. The Morgan fingerprint density at radius 3 is 2.38 bits per heavy atom. The Labute approximate surface area is 159 Å². The van der Waals surface area contributed by atoms with Crippen molar-refractivity contribution in [1.82, 2.24) is 5.32 Å². The van der Waals surface area contributed by atoms with E-state index in [9.17, 15) is 9.59 Å². The molecule has 2 aromatic rings. The minimum Gasteiger partial charge on any atom is -0.375 e. The lowest BCUT2D eigenvalue weighted by atomic mass is 10.3. The lowest BCUT2D eigenvalue weighted by Crippen LogP contribution is -2.29. The van der Waals surface area contributed by atoms with Crippen molar-refractivity contribution in [2.24, 2.45) is 0 Å². The van der Waals surface area contributed by atoms with Crippen molar-refractivity contribution in [3.05, 3.63) is 54.6 Å². The Kier molecular flexibility index (Phi) is 8.02. The van der Waals surface area contributed by atoms with E-state index in [4.69, 9.17) is 0 Å². The fourth-order valence-electron chi connectivity index (χ4n) is 2.39. The van der Waals surface area contributed by atoms with Gasteiger partial charge in [-0.2, -0.15) is 0 Å². The maximum absolute atomic E-state index is 11.9. The van der Waals surface area contributed by atoms with Crippen LogP contribution >= 0.6 is 11.8 Å². The number of carbonyl (C=O) groups is 2. The summed E-state index contributed by atoms with van der Waals surface area (Å²) >= 11 is 1.48. The highest BCUT2D eigenvalue weighted by Gasteiger charge is 2.04. The van der Waals surface area contributed by atoms with Crippen LogP contribution in [0.25, 0.3) is 0 Å². The summed E-state index contributed by atoms with van der Waals surface area (Å²) < 4.78 is 0. The third kappa shape index (κ3) is 7.19. The molecule has 0 aliphatic rings. The van der Waals surface area contributed by atoms with Crippen molar-refractivity contribution in [2.75, 3.05) is 36.1 Å². The lowest BCUT2D eigenvalue weighted by molar-refractivity contribution is -0.118. The minimum absolute atomic E-state index is 0.0308. The first-order chi connectivity index (χ1) is 12.5. The monoisotopic (exact) mass is 371 g/mol. The molecule has 0 aliphatic carbocycles. The molecule has 2 aromatic carbocycles. The summed E-state index contributed by atoms with van der Waals surface area (Å²) in [6, 6.07) is 17.7. The van der Waals surface area contributed by atoms with Crippen molar-refractivity contribution >= 4 is 35.0 Å². The fraction of sp³-hybridized carbons (Fsp3) is 0.300. The summed E-state index contributed by atoms with van der Waals surface area (Å²) in [5.74, 6) is 0.319. The van der Waals surface area contributed by atoms with Gasteiger partial charge in [-0.15, -0.1) is 11.8 Å². The van der Waals surface area contributed by atoms with Crippen LogP contribution in [-0.4, -0.2) is 37.7 Å². The topological polar surface area (TPSA) is 61.4 Å². The van der Waals surface area contributed by atoms with Gasteiger partial charge in [-0.3, -0.25) is 9.59 Å². The Morgan fingerprint density at radius 2 is 1.73 bits per heavy atom. The van der Waals surface area contributed by atoms with Crippen LogP contribution in [-0.2, 0) is 9.59 Å². The SMILES string of the molecule is CC(=O)Nc1ccc(SCC(=O)NCCCN(C)c2ccccc2)cc1. The van der Waals surface area contributed by atoms with Crippen molar-refractivity contribution in [1.29, 1.82) is 0 Å². The molecule has 0 fully saturated rings. The van der Waals surface area contributed by atoms with Crippen LogP contribution in [0.2, 0.25) is 0 Å². The summed E-state index contributed by atoms with van der Waals surface area (Å²) in [7, 11) is 2.05. The first-order valence-electron chi connectivity index (χ1n) is 8.58. The van der Waals surface area contributed by atoms with Crippen LogP contribution < -0.4 is 15.5 Å². The highest BCUT2D eigenvalue weighted by molar-refractivity contribution is 8.00. The van der Waals surface area contributed by atoms with E-state index >= 15 is 0 Å². The third-order valence-electron chi connectivity index (χ3n) is 3.73. The maximum atomic E-state index is 11.9. The van der Waals surface area contributed by atoms with Gasteiger partial charge in [-0.25, -0.2) is 0 Å². The molecule has 0 aromatic heterocycles. The van der Waals surface area contributed by atoms with Crippen molar-refractivity contribution in [2.45, 2.75) is 18.2 Å². The van der Waals surface area contributed by atoms with Gasteiger partial charge in [0.2, 0.25) is 11.8 Å². The number of rotatable bonds is 9. The molecular weight excluding hydrogens is 346 g/mol. The largest absolute Gasteiger partial charge is 0.375 e. The van der Waals surface area contributed by atoms with Gasteiger partial charge in [-0.05, 0) is 42.8 Å². The molecule has 0 atom stereocenters. The van der Waals surface area contributed by atoms with E-state index in [2.05, 4.69) is 34.7 Å². The third-order valence-corrected chi connectivity index (χ3v) is 4.75. The Balaban J connectivity index is 1.62. The summed E-state index contributed by atoms with van der Waals surface area (Å²) in [4.78, 5) is 26.1.